The molecule has 0 amide bonds. The second kappa shape index (κ2) is 7.35. The van der Waals surface area contributed by atoms with Gasteiger partial charge >= 0.3 is 0 Å². The second-order valence-corrected chi connectivity index (χ2v) is 6.63. The van der Waals surface area contributed by atoms with Gasteiger partial charge in [-0.05, 0) is 19.9 Å². The van der Waals surface area contributed by atoms with Crippen molar-refractivity contribution in [3.05, 3.63) is 18.2 Å². The van der Waals surface area contributed by atoms with Crippen molar-refractivity contribution in [1.29, 1.82) is 0 Å². The van der Waals surface area contributed by atoms with Crippen LogP contribution in [0, 0.1) is 0 Å². The lowest BCUT2D eigenvalue weighted by Gasteiger charge is -2.13. The minimum Gasteiger partial charge on any atom is -0.491 e. The first kappa shape index (κ1) is 16.6. The first-order chi connectivity index (χ1) is 9.32. The predicted molar refractivity (Wildman–Crippen MR) is 82.6 cm³/mol. The van der Waals surface area contributed by atoms with Gasteiger partial charge in [0.1, 0.15) is 5.75 Å². The Balaban J connectivity index is 2.62. The number of sulfonamides is 1. The quantitative estimate of drug-likeness (QED) is 0.631. The predicted octanol–water partition coefficient (Wildman–Crippen LogP) is 1.41. The highest BCUT2D eigenvalue weighted by Crippen LogP contribution is 2.23. The number of anilines is 2. The Morgan fingerprint density at radius 2 is 2.00 bits per heavy atom. The third-order valence-electron chi connectivity index (χ3n) is 2.36. The van der Waals surface area contributed by atoms with Crippen LogP contribution < -0.4 is 20.5 Å². The fourth-order valence-corrected chi connectivity index (χ4v) is 2.64. The second-order valence-electron chi connectivity index (χ2n) is 4.70. The van der Waals surface area contributed by atoms with Crippen molar-refractivity contribution >= 4 is 21.4 Å². The maximum atomic E-state index is 11.5. The maximum Gasteiger partial charge on any atom is 0.213 e. The molecule has 0 spiro atoms. The standard InChI is InChI=1S/C13H23N3O3S/c1-4-16-20(17,18)6-5-15-12-7-11(14)8-13(9-12)19-10(2)3/h7-10,15-16H,4-6,14H2,1-3H3. The lowest BCUT2D eigenvalue weighted by Crippen LogP contribution is -2.29. The maximum absolute atomic E-state index is 11.5. The average Bonchev–Trinajstić information content (AvgIpc) is 2.26. The Kier molecular flexibility index (Phi) is 6.09. The van der Waals surface area contributed by atoms with E-state index in [1.807, 2.05) is 13.8 Å². The summed E-state index contributed by atoms with van der Waals surface area (Å²) in [5, 5.41) is 3.03. The topological polar surface area (TPSA) is 93.5 Å². The lowest BCUT2D eigenvalue weighted by molar-refractivity contribution is 0.242. The summed E-state index contributed by atoms with van der Waals surface area (Å²) in [6, 6.07) is 5.28. The van der Waals surface area contributed by atoms with Gasteiger partial charge in [-0.25, -0.2) is 13.1 Å². The van der Waals surface area contributed by atoms with E-state index >= 15 is 0 Å². The van der Waals surface area contributed by atoms with Crippen LogP contribution in [0.5, 0.6) is 5.75 Å². The molecule has 1 aromatic carbocycles. The smallest absolute Gasteiger partial charge is 0.213 e. The normalized spacial score (nSPS) is 11.6. The van der Waals surface area contributed by atoms with Crippen LogP contribution in [0.2, 0.25) is 0 Å². The largest absolute Gasteiger partial charge is 0.491 e. The van der Waals surface area contributed by atoms with Crippen molar-refractivity contribution in [3.63, 3.8) is 0 Å². The molecule has 0 heterocycles. The van der Waals surface area contributed by atoms with Crippen LogP contribution in [-0.2, 0) is 10.0 Å². The van der Waals surface area contributed by atoms with Crippen LogP contribution in [0.15, 0.2) is 18.2 Å². The van der Waals surface area contributed by atoms with Crippen molar-refractivity contribution < 1.29 is 13.2 Å². The van der Waals surface area contributed by atoms with E-state index in [0.29, 0.717) is 24.5 Å². The number of ether oxygens (including phenoxy) is 1. The number of rotatable bonds is 8. The molecule has 0 saturated carbocycles. The van der Waals surface area contributed by atoms with Gasteiger partial charge in [0.05, 0.1) is 11.9 Å². The van der Waals surface area contributed by atoms with Gasteiger partial charge < -0.3 is 15.8 Å². The van der Waals surface area contributed by atoms with E-state index in [1.54, 1.807) is 25.1 Å². The molecular weight excluding hydrogens is 278 g/mol. The number of hydrogen-bond donors (Lipinski definition) is 3. The van der Waals surface area contributed by atoms with E-state index < -0.39 is 10.0 Å². The van der Waals surface area contributed by atoms with Gasteiger partial charge in [0.2, 0.25) is 10.0 Å². The number of nitrogens with two attached hydrogens (primary N) is 1. The van der Waals surface area contributed by atoms with Crippen molar-refractivity contribution in [2.24, 2.45) is 0 Å². The molecule has 6 nitrogen and oxygen atoms in total. The molecule has 0 unspecified atom stereocenters. The number of nitrogens with one attached hydrogen (secondary N) is 2. The van der Waals surface area contributed by atoms with Crippen LogP contribution in [0.1, 0.15) is 20.8 Å². The zero-order valence-corrected chi connectivity index (χ0v) is 13.0. The monoisotopic (exact) mass is 301 g/mol. The molecule has 20 heavy (non-hydrogen) atoms. The summed E-state index contributed by atoms with van der Waals surface area (Å²) in [5.74, 6) is 0.674. The minimum absolute atomic E-state index is 0.00993. The molecule has 114 valence electrons. The summed E-state index contributed by atoms with van der Waals surface area (Å²) >= 11 is 0. The van der Waals surface area contributed by atoms with Crippen LogP contribution in [0.25, 0.3) is 0 Å². The van der Waals surface area contributed by atoms with E-state index in [9.17, 15) is 8.42 Å². The van der Waals surface area contributed by atoms with E-state index in [4.69, 9.17) is 10.5 Å². The van der Waals surface area contributed by atoms with Gasteiger partial charge in [0, 0.05) is 36.6 Å². The molecule has 4 N–H and O–H groups in total. The molecule has 0 aromatic heterocycles. The van der Waals surface area contributed by atoms with Crippen molar-refractivity contribution in [2.45, 2.75) is 26.9 Å². The number of nitrogen functional groups attached to an aromatic ring is 1. The molecule has 1 aromatic rings. The highest BCUT2D eigenvalue weighted by Gasteiger charge is 2.08. The van der Waals surface area contributed by atoms with Gasteiger partial charge in [-0.15, -0.1) is 0 Å². The summed E-state index contributed by atoms with van der Waals surface area (Å²) in [4.78, 5) is 0. The minimum atomic E-state index is -3.22. The highest BCUT2D eigenvalue weighted by atomic mass is 32.2. The fraction of sp³-hybridized carbons (Fsp3) is 0.538. The third-order valence-corrected chi connectivity index (χ3v) is 3.83. The average molecular weight is 301 g/mol. The molecule has 0 aliphatic rings. The summed E-state index contributed by atoms with van der Waals surface area (Å²) in [5.41, 5.74) is 7.10. The van der Waals surface area contributed by atoms with Gasteiger partial charge in [0.15, 0.2) is 0 Å². The summed E-state index contributed by atoms with van der Waals surface area (Å²) in [6.45, 7) is 6.31. The molecular formula is C13H23N3O3S. The third kappa shape index (κ3) is 6.12. The zero-order chi connectivity index (χ0) is 15.2. The van der Waals surface area contributed by atoms with Crippen LogP contribution in [0.4, 0.5) is 11.4 Å². The van der Waals surface area contributed by atoms with Gasteiger partial charge in [0.25, 0.3) is 0 Å². The van der Waals surface area contributed by atoms with Gasteiger partial charge in [-0.2, -0.15) is 0 Å². The van der Waals surface area contributed by atoms with E-state index in [1.165, 1.54) is 0 Å². The molecule has 0 aliphatic heterocycles. The molecule has 0 atom stereocenters. The zero-order valence-electron chi connectivity index (χ0n) is 12.1. The van der Waals surface area contributed by atoms with E-state index in [-0.39, 0.29) is 11.9 Å². The van der Waals surface area contributed by atoms with Crippen molar-refractivity contribution in [3.8, 4) is 5.75 Å². The van der Waals surface area contributed by atoms with Crippen LogP contribution in [-0.4, -0.2) is 33.4 Å². The van der Waals surface area contributed by atoms with Crippen LogP contribution in [0.3, 0.4) is 0 Å². The fourth-order valence-electron chi connectivity index (χ4n) is 1.69. The Morgan fingerprint density at radius 1 is 1.30 bits per heavy atom. The Labute approximate surface area is 120 Å². The highest BCUT2D eigenvalue weighted by molar-refractivity contribution is 7.89. The Hall–Kier alpha value is -1.47. The molecule has 1 rings (SSSR count). The summed E-state index contributed by atoms with van der Waals surface area (Å²) in [6.07, 6.45) is 0.0544. The first-order valence-corrected chi connectivity index (χ1v) is 8.26. The molecule has 0 radical (unpaired) electrons. The molecule has 0 bridgehead atoms. The number of benzene rings is 1. The van der Waals surface area contributed by atoms with E-state index in [2.05, 4.69) is 10.0 Å². The molecule has 0 fully saturated rings. The molecule has 0 saturated heterocycles. The van der Waals surface area contributed by atoms with E-state index in [0.717, 1.165) is 5.69 Å². The van der Waals surface area contributed by atoms with Crippen LogP contribution >= 0.6 is 0 Å². The number of hydrogen-bond acceptors (Lipinski definition) is 5. The SMILES string of the molecule is CCNS(=O)(=O)CCNc1cc(N)cc(OC(C)C)c1. The van der Waals surface area contributed by atoms with Gasteiger partial charge in [-0.1, -0.05) is 6.92 Å². The van der Waals surface area contributed by atoms with Gasteiger partial charge in [-0.3, -0.25) is 0 Å². The molecule has 0 aliphatic carbocycles. The van der Waals surface area contributed by atoms with Crippen molar-refractivity contribution in [2.75, 3.05) is 29.9 Å². The lowest BCUT2D eigenvalue weighted by atomic mass is 10.2. The molecule has 7 heteroatoms. The van der Waals surface area contributed by atoms with Crippen molar-refractivity contribution in [1.82, 2.24) is 4.72 Å². The summed E-state index contributed by atoms with van der Waals surface area (Å²) < 4.78 is 31.0. The summed E-state index contributed by atoms with van der Waals surface area (Å²) in [7, 11) is -3.22. The Morgan fingerprint density at radius 3 is 2.60 bits per heavy atom. The first-order valence-electron chi connectivity index (χ1n) is 6.61. The Bertz CT molecular complexity index is 530.